The first-order valence-electron chi connectivity index (χ1n) is 8.05. The highest BCUT2D eigenvalue weighted by Gasteiger charge is 2.30. The first-order chi connectivity index (χ1) is 9.40. The van der Waals surface area contributed by atoms with Crippen LogP contribution in [-0.4, -0.2) is 60.1 Å². The van der Waals surface area contributed by atoms with E-state index in [1.165, 1.54) is 26.1 Å². The van der Waals surface area contributed by atoms with E-state index >= 15 is 0 Å². The molecule has 0 aliphatic carbocycles. The average molecular weight is 280 g/mol. The lowest BCUT2D eigenvalue weighted by Gasteiger charge is -2.40. The van der Waals surface area contributed by atoms with Gasteiger partial charge >= 0.3 is 0 Å². The van der Waals surface area contributed by atoms with Gasteiger partial charge in [0.25, 0.3) is 0 Å². The van der Waals surface area contributed by atoms with Gasteiger partial charge < -0.3 is 4.90 Å². The van der Waals surface area contributed by atoms with Crippen molar-refractivity contribution in [3.8, 4) is 6.07 Å². The molecule has 1 rings (SSSR count). The molecule has 1 heterocycles. The first-order valence-corrected chi connectivity index (χ1v) is 8.05. The molecule has 0 bridgehead atoms. The number of hydrogen-bond acceptors (Lipinski definition) is 4. The van der Waals surface area contributed by atoms with Gasteiger partial charge in [-0.3, -0.25) is 10.2 Å². The number of piperazine rings is 1. The Hall–Kier alpha value is -0.630. The SMILES string of the molecule is CCCN1CCN(C(C)CC(C)(C#N)NC(C)C)CC1. The largest absolute Gasteiger partial charge is 0.301 e. The summed E-state index contributed by atoms with van der Waals surface area (Å²) in [4.78, 5) is 5.07. The van der Waals surface area contributed by atoms with E-state index in [1.807, 2.05) is 6.92 Å². The second kappa shape index (κ2) is 7.97. The summed E-state index contributed by atoms with van der Waals surface area (Å²) in [7, 11) is 0. The maximum absolute atomic E-state index is 9.45. The van der Waals surface area contributed by atoms with E-state index < -0.39 is 5.54 Å². The third-order valence-electron chi connectivity index (χ3n) is 4.13. The van der Waals surface area contributed by atoms with Crippen molar-refractivity contribution in [1.82, 2.24) is 15.1 Å². The molecule has 1 saturated heterocycles. The minimum absolute atomic E-state index is 0.341. The Labute approximate surface area is 125 Å². The van der Waals surface area contributed by atoms with Crippen molar-refractivity contribution in [2.75, 3.05) is 32.7 Å². The molecule has 4 nitrogen and oxygen atoms in total. The maximum atomic E-state index is 9.45. The van der Waals surface area contributed by atoms with Crippen molar-refractivity contribution < 1.29 is 0 Å². The molecular weight excluding hydrogens is 248 g/mol. The van der Waals surface area contributed by atoms with Gasteiger partial charge in [-0.1, -0.05) is 6.92 Å². The summed E-state index contributed by atoms with van der Waals surface area (Å²) in [5.74, 6) is 0. The number of nitriles is 1. The number of rotatable bonds is 7. The summed E-state index contributed by atoms with van der Waals surface area (Å²) in [5.41, 5.74) is -0.422. The van der Waals surface area contributed by atoms with Gasteiger partial charge in [-0.15, -0.1) is 0 Å². The molecule has 116 valence electrons. The predicted octanol–water partition coefficient (Wildman–Crippen LogP) is 2.07. The summed E-state index contributed by atoms with van der Waals surface area (Å²) in [6.45, 7) is 16.5. The molecule has 0 aromatic rings. The molecule has 0 radical (unpaired) electrons. The number of nitrogens with one attached hydrogen (secondary N) is 1. The Kier molecular flexibility index (Phi) is 6.94. The topological polar surface area (TPSA) is 42.3 Å². The van der Waals surface area contributed by atoms with E-state index in [1.54, 1.807) is 0 Å². The van der Waals surface area contributed by atoms with Gasteiger partial charge in [0.2, 0.25) is 0 Å². The summed E-state index contributed by atoms with van der Waals surface area (Å²) in [5, 5.41) is 12.9. The van der Waals surface area contributed by atoms with Crippen molar-refractivity contribution in [3.63, 3.8) is 0 Å². The van der Waals surface area contributed by atoms with Crippen molar-refractivity contribution >= 4 is 0 Å². The minimum Gasteiger partial charge on any atom is -0.301 e. The lowest BCUT2D eigenvalue weighted by molar-refractivity contribution is 0.0899. The smallest absolute Gasteiger partial charge is 0.105 e. The molecule has 1 aliphatic rings. The molecule has 4 heteroatoms. The predicted molar refractivity (Wildman–Crippen MR) is 84.7 cm³/mol. The van der Waals surface area contributed by atoms with Crippen molar-refractivity contribution in [2.24, 2.45) is 0 Å². The number of hydrogen-bond donors (Lipinski definition) is 1. The molecule has 0 saturated carbocycles. The van der Waals surface area contributed by atoms with Crippen LogP contribution in [0, 0.1) is 11.3 Å². The Balaban J connectivity index is 2.46. The van der Waals surface area contributed by atoms with Gasteiger partial charge in [0, 0.05) is 38.3 Å². The zero-order valence-corrected chi connectivity index (χ0v) is 13.9. The second-order valence-electron chi connectivity index (χ2n) is 6.67. The van der Waals surface area contributed by atoms with Crippen LogP contribution in [0.4, 0.5) is 0 Å². The highest BCUT2D eigenvalue weighted by molar-refractivity contribution is 5.06. The third kappa shape index (κ3) is 5.40. The van der Waals surface area contributed by atoms with Gasteiger partial charge in [-0.2, -0.15) is 5.26 Å². The normalized spacial score (nSPS) is 22.4. The summed E-state index contributed by atoms with van der Waals surface area (Å²) < 4.78 is 0. The molecule has 0 amide bonds. The lowest BCUT2D eigenvalue weighted by Crippen LogP contribution is -2.54. The fourth-order valence-corrected chi connectivity index (χ4v) is 3.24. The fourth-order valence-electron chi connectivity index (χ4n) is 3.24. The highest BCUT2D eigenvalue weighted by Crippen LogP contribution is 2.18. The van der Waals surface area contributed by atoms with E-state index in [0.717, 1.165) is 19.5 Å². The monoisotopic (exact) mass is 280 g/mol. The van der Waals surface area contributed by atoms with E-state index in [9.17, 15) is 5.26 Å². The molecular formula is C16H32N4. The summed E-state index contributed by atoms with van der Waals surface area (Å²) in [6, 6.07) is 3.26. The van der Waals surface area contributed by atoms with Crippen molar-refractivity contribution in [3.05, 3.63) is 0 Å². The third-order valence-corrected chi connectivity index (χ3v) is 4.13. The van der Waals surface area contributed by atoms with Crippen molar-refractivity contribution in [1.29, 1.82) is 5.26 Å². The molecule has 20 heavy (non-hydrogen) atoms. The minimum atomic E-state index is -0.422. The van der Waals surface area contributed by atoms with Crippen LogP contribution in [0.3, 0.4) is 0 Å². The maximum Gasteiger partial charge on any atom is 0.105 e. The fraction of sp³-hybridized carbons (Fsp3) is 0.938. The molecule has 1 fully saturated rings. The molecule has 0 spiro atoms. The number of nitrogens with zero attached hydrogens (tertiary/aromatic N) is 3. The van der Waals surface area contributed by atoms with Gasteiger partial charge in [0.15, 0.2) is 0 Å². The van der Waals surface area contributed by atoms with Crippen molar-refractivity contribution in [2.45, 2.75) is 65.1 Å². The average Bonchev–Trinajstić information content (AvgIpc) is 2.39. The van der Waals surface area contributed by atoms with Crippen LogP contribution in [0.2, 0.25) is 0 Å². The van der Waals surface area contributed by atoms with Gasteiger partial charge in [-0.05, 0) is 47.1 Å². The first kappa shape index (κ1) is 17.4. The van der Waals surface area contributed by atoms with Crippen LogP contribution >= 0.6 is 0 Å². The summed E-state index contributed by atoms with van der Waals surface area (Å²) >= 11 is 0. The Bertz CT molecular complexity index is 315. The van der Waals surface area contributed by atoms with E-state index in [2.05, 4.69) is 48.9 Å². The van der Waals surface area contributed by atoms with Crippen LogP contribution in [0.15, 0.2) is 0 Å². The molecule has 1 N–H and O–H groups in total. The van der Waals surface area contributed by atoms with Gasteiger partial charge in [0.1, 0.15) is 5.54 Å². The van der Waals surface area contributed by atoms with E-state index in [-0.39, 0.29) is 0 Å². The second-order valence-corrected chi connectivity index (χ2v) is 6.67. The van der Waals surface area contributed by atoms with Crippen LogP contribution in [0.5, 0.6) is 0 Å². The molecule has 2 atom stereocenters. The van der Waals surface area contributed by atoms with E-state index in [4.69, 9.17) is 0 Å². The Morgan fingerprint density at radius 1 is 1.20 bits per heavy atom. The standard InChI is InChI=1S/C16H32N4/c1-6-7-19-8-10-20(11-9-19)15(4)12-16(5,13-17)18-14(2)3/h14-15,18H,6-12H2,1-5H3. The zero-order chi connectivity index (χ0) is 15.2. The molecule has 1 aliphatic heterocycles. The van der Waals surface area contributed by atoms with Crippen LogP contribution < -0.4 is 5.32 Å². The molecule has 0 aromatic heterocycles. The highest BCUT2D eigenvalue weighted by atomic mass is 15.3. The lowest BCUT2D eigenvalue weighted by atomic mass is 9.93. The van der Waals surface area contributed by atoms with E-state index in [0.29, 0.717) is 12.1 Å². The van der Waals surface area contributed by atoms with Crippen LogP contribution in [0.25, 0.3) is 0 Å². The quantitative estimate of drug-likeness (QED) is 0.775. The van der Waals surface area contributed by atoms with Gasteiger partial charge in [0.05, 0.1) is 6.07 Å². The van der Waals surface area contributed by atoms with Crippen LogP contribution in [0.1, 0.15) is 47.5 Å². The van der Waals surface area contributed by atoms with Gasteiger partial charge in [-0.25, -0.2) is 0 Å². The zero-order valence-electron chi connectivity index (χ0n) is 13.9. The Morgan fingerprint density at radius 2 is 1.80 bits per heavy atom. The van der Waals surface area contributed by atoms with Crippen LogP contribution in [-0.2, 0) is 0 Å². The Morgan fingerprint density at radius 3 is 2.25 bits per heavy atom. The summed E-state index contributed by atoms with van der Waals surface area (Å²) in [6.07, 6.45) is 2.12. The molecule has 2 unspecified atom stereocenters. The molecule has 0 aromatic carbocycles.